The Kier molecular flexibility index (Phi) is 6.28. The second-order valence-electron chi connectivity index (χ2n) is 7.34. The van der Waals surface area contributed by atoms with Crippen LogP contribution in [0.3, 0.4) is 0 Å². The minimum Gasteiger partial charge on any atom is -0.273 e. The molecule has 0 fully saturated rings. The van der Waals surface area contributed by atoms with E-state index >= 15 is 0 Å². The maximum atomic E-state index is 13.0. The fraction of sp³-hybridized carbons (Fsp3) is 0.0400. The molecular weight excluding hydrogens is 466 g/mol. The molecule has 2 amide bonds. The van der Waals surface area contributed by atoms with Crippen LogP contribution in [0.2, 0.25) is 0 Å². The lowest BCUT2D eigenvalue weighted by Crippen LogP contribution is -2.42. The van der Waals surface area contributed by atoms with Crippen molar-refractivity contribution in [2.24, 2.45) is 0 Å². The first kappa shape index (κ1) is 21.7. The van der Waals surface area contributed by atoms with Crippen LogP contribution in [-0.4, -0.2) is 26.6 Å². The van der Waals surface area contributed by atoms with Gasteiger partial charge in [0.25, 0.3) is 5.91 Å². The van der Waals surface area contributed by atoms with Gasteiger partial charge in [0.1, 0.15) is 10.7 Å². The van der Waals surface area contributed by atoms with E-state index in [1.165, 1.54) is 11.3 Å². The van der Waals surface area contributed by atoms with Crippen molar-refractivity contribution in [3.63, 3.8) is 0 Å². The van der Waals surface area contributed by atoms with E-state index in [1.807, 2.05) is 83.6 Å². The van der Waals surface area contributed by atoms with E-state index in [4.69, 9.17) is 0 Å². The highest BCUT2D eigenvalue weighted by Gasteiger charge is 2.19. The third kappa shape index (κ3) is 4.80. The van der Waals surface area contributed by atoms with Gasteiger partial charge in [0.2, 0.25) is 5.91 Å². The number of amides is 2. The standard InChI is InChI=1S/C25H19N5O2S2/c31-22(14-18-16-34-25(26-18)21-12-7-13-33-21)27-28-24(32)20-15-30(19-10-5-2-6-11-19)29-23(20)17-8-3-1-4-9-17/h1-13,15-16H,14H2,(H,27,31)(H,28,32). The quantitative estimate of drug-likeness (QED) is 0.341. The van der Waals surface area contributed by atoms with Crippen molar-refractivity contribution < 1.29 is 9.59 Å². The van der Waals surface area contributed by atoms with Crippen molar-refractivity contribution in [2.45, 2.75) is 6.42 Å². The monoisotopic (exact) mass is 485 g/mol. The van der Waals surface area contributed by atoms with Gasteiger partial charge in [0.15, 0.2) is 0 Å². The highest BCUT2D eigenvalue weighted by Crippen LogP contribution is 2.28. The number of nitrogens with one attached hydrogen (secondary N) is 2. The van der Waals surface area contributed by atoms with E-state index in [0.29, 0.717) is 17.0 Å². The van der Waals surface area contributed by atoms with Crippen molar-refractivity contribution in [3.05, 3.63) is 101 Å². The minimum absolute atomic E-state index is 0.0664. The van der Waals surface area contributed by atoms with E-state index in [0.717, 1.165) is 21.1 Å². The zero-order chi connectivity index (χ0) is 23.3. The Morgan fingerprint density at radius 1 is 0.882 bits per heavy atom. The van der Waals surface area contributed by atoms with Crippen molar-refractivity contribution in [2.75, 3.05) is 0 Å². The predicted molar refractivity (Wildman–Crippen MR) is 134 cm³/mol. The summed E-state index contributed by atoms with van der Waals surface area (Å²) >= 11 is 3.09. The van der Waals surface area contributed by atoms with Gasteiger partial charge in [0, 0.05) is 17.1 Å². The molecule has 3 heterocycles. The molecular formula is C25H19N5O2S2. The molecule has 0 aliphatic rings. The number of carbonyl (C=O) groups excluding carboxylic acids is 2. The molecule has 0 aliphatic heterocycles. The molecule has 0 spiro atoms. The van der Waals surface area contributed by atoms with E-state index in [1.54, 1.807) is 22.2 Å². The number of rotatable bonds is 6. The van der Waals surface area contributed by atoms with Gasteiger partial charge in [-0.15, -0.1) is 22.7 Å². The number of hydrazine groups is 1. The van der Waals surface area contributed by atoms with Crippen LogP contribution < -0.4 is 10.9 Å². The van der Waals surface area contributed by atoms with Crippen molar-refractivity contribution in [1.29, 1.82) is 0 Å². The molecule has 0 saturated heterocycles. The summed E-state index contributed by atoms with van der Waals surface area (Å²) in [5, 5.41) is 9.35. The maximum absolute atomic E-state index is 13.0. The summed E-state index contributed by atoms with van der Waals surface area (Å²) in [7, 11) is 0. The molecule has 5 rings (SSSR count). The molecule has 0 saturated carbocycles. The summed E-state index contributed by atoms with van der Waals surface area (Å²) in [6, 6.07) is 23.0. The third-order valence-corrected chi connectivity index (χ3v) is 6.90. The van der Waals surface area contributed by atoms with Crippen LogP contribution >= 0.6 is 22.7 Å². The van der Waals surface area contributed by atoms with E-state index < -0.39 is 5.91 Å². The molecule has 0 bridgehead atoms. The van der Waals surface area contributed by atoms with Crippen LogP contribution in [0, 0.1) is 0 Å². The molecule has 0 unspecified atom stereocenters. The van der Waals surface area contributed by atoms with Gasteiger partial charge in [-0.1, -0.05) is 54.6 Å². The lowest BCUT2D eigenvalue weighted by molar-refractivity contribution is -0.121. The highest BCUT2D eigenvalue weighted by molar-refractivity contribution is 7.20. The Morgan fingerprint density at radius 3 is 2.38 bits per heavy atom. The molecule has 0 aliphatic carbocycles. The molecule has 0 atom stereocenters. The van der Waals surface area contributed by atoms with Crippen molar-refractivity contribution in [1.82, 2.24) is 25.6 Å². The molecule has 2 aromatic carbocycles. The first-order valence-electron chi connectivity index (χ1n) is 10.5. The van der Waals surface area contributed by atoms with Gasteiger partial charge >= 0.3 is 0 Å². The molecule has 9 heteroatoms. The summed E-state index contributed by atoms with van der Waals surface area (Å²) in [5.41, 5.74) is 8.17. The van der Waals surface area contributed by atoms with Gasteiger partial charge in [-0.05, 0) is 23.6 Å². The molecule has 0 radical (unpaired) electrons. The number of thiazole rings is 1. The number of para-hydroxylation sites is 1. The van der Waals surface area contributed by atoms with Gasteiger partial charge in [0.05, 0.1) is 28.2 Å². The Balaban J connectivity index is 1.30. The van der Waals surface area contributed by atoms with Crippen LogP contribution in [-0.2, 0) is 11.2 Å². The molecule has 5 aromatic rings. The lowest BCUT2D eigenvalue weighted by Gasteiger charge is -2.07. The summed E-state index contributed by atoms with van der Waals surface area (Å²) < 4.78 is 1.65. The smallest absolute Gasteiger partial charge is 0.273 e. The van der Waals surface area contributed by atoms with Crippen molar-refractivity contribution >= 4 is 34.5 Å². The first-order valence-corrected chi connectivity index (χ1v) is 12.2. The fourth-order valence-electron chi connectivity index (χ4n) is 3.37. The average molecular weight is 486 g/mol. The summed E-state index contributed by atoms with van der Waals surface area (Å²) in [6.45, 7) is 0. The van der Waals surface area contributed by atoms with E-state index in [2.05, 4.69) is 20.9 Å². The predicted octanol–water partition coefficient (Wildman–Crippen LogP) is 4.73. The third-order valence-electron chi connectivity index (χ3n) is 4.97. The Bertz CT molecular complexity index is 1410. The molecule has 7 nitrogen and oxygen atoms in total. The largest absolute Gasteiger partial charge is 0.273 e. The first-order chi connectivity index (χ1) is 16.7. The topological polar surface area (TPSA) is 88.9 Å². The SMILES string of the molecule is O=C(Cc1csc(-c2cccs2)n1)NNC(=O)c1cn(-c2ccccc2)nc1-c1ccccc1. The Morgan fingerprint density at radius 2 is 1.65 bits per heavy atom. The molecule has 168 valence electrons. The summed E-state index contributed by atoms with van der Waals surface area (Å²) in [5.74, 6) is -0.806. The van der Waals surface area contributed by atoms with Crippen LogP contribution in [0.15, 0.2) is 89.8 Å². The number of nitrogens with zero attached hydrogens (tertiary/aromatic N) is 3. The number of benzene rings is 2. The zero-order valence-electron chi connectivity index (χ0n) is 17.8. The van der Waals surface area contributed by atoms with Crippen LogP contribution in [0.5, 0.6) is 0 Å². The maximum Gasteiger partial charge on any atom is 0.273 e. The van der Waals surface area contributed by atoms with E-state index in [9.17, 15) is 9.59 Å². The van der Waals surface area contributed by atoms with E-state index in [-0.39, 0.29) is 12.3 Å². The number of aromatic nitrogens is 3. The summed E-state index contributed by atoms with van der Waals surface area (Å²) in [6.07, 6.45) is 1.73. The minimum atomic E-state index is -0.452. The van der Waals surface area contributed by atoms with Gasteiger partial charge < -0.3 is 0 Å². The second-order valence-corrected chi connectivity index (χ2v) is 9.14. The fourth-order valence-corrected chi connectivity index (χ4v) is 5.00. The zero-order valence-corrected chi connectivity index (χ0v) is 19.5. The van der Waals surface area contributed by atoms with Crippen LogP contribution in [0.4, 0.5) is 0 Å². The Hall–Kier alpha value is -4.08. The molecule has 34 heavy (non-hydrogen) atoms. The Labute approximate surface area is 203 Å². The van der Waals surface area contributed by atoms with Gasteiger partial charge in [-0.25, -0.2) is 9.67 Å². The highest BCUT2D eigenvalue weighted by atomic mass is 32.1. The average Bonchev–Trinajstić information content (AvgIpc) is 3.64. The number of hydrogen-bond donors (Lipinski definition) is 2. The lowest BCUT2D eigenvalue weighted by atomic mass is 10.1. The summed E-state index contributed by atoms with van der Waals surface area (Å²) in [4.78, 5) is 31.0. The number of hydrogen-bond acceptors (Lipinski definition) is 6. The number of carbonyl (C=O) groups is 2. The van der Waals surface area contributed by atoms with Crippen molar-refractivity contribution in [3.8, 4) is 26.8 Å². The molecule has 2 N–H and O–H groups in total. The normalized spacial score (nSPS) is 10.7. The number of thiophene rings is 1. The van der Waals surface area contributed by atoms with Gasteiger partial charge in [-0.3, -0.25) is 20.4 Å². The molecule has 3 aromatic heterocycles. The van der Waals surface area contributed by atoms with Crippen LogP contribution in [0.25, 0.3) is 26.8 Å². The van der Waals surface area contributed by atoms with Crippen LogP contribution in [0.1, 0.15) is 16.1 Å². The second kappa shape index (κ2) is 9.82. The van der Waals surface area contributed by atoms with Gasteiger partial charge in [-0.2, -0.15) is 5.10 Å².